The van der Waals surface area contributed by atoms with Gasteiger partial charge in [0.1, 0.15) is 17.9 Å². The predicted molar refractivity (Wildman–Crippen MR) is 123 cm³/mol. The molecule has 32 heavy (non-hydrogen) atoms. The summed E-state index contributed by atoms with van der Waals surface area (Å²) in [6.07, 6.45) is 1.35. The lowest BCUT2D eigenvalue weighted by atomic mass is 10.1. The van der Waals surface area contributed by atoms with Crippen molar-refractivity contribution in [1.82, 2.24) is 5.32 Å². The summed E-state index contributed by atoms with van der Waals surface area (Å²) in [6.45, 7) is 0.281. The summed E-state index contributed by atoms with van der Waals surface area (Å²) in [5, 5.41) is 2.76. The zero-order valence-electron chi connectivity index (χ0n) is 16.5. The van der Waals surface area contributed by atoms with E-state index >= 15 is 0 Å². The van der Waals surface area contributed by atoms with Gasteiger partial charge in [-0.1, -0.05) is 65.7 Å². The van der Waals surface area contributed by atoms with Crippen molar-refractivity contribution in [3.05, 3.63) is 99.5 Å². The molecule has 0 aliphatic carbocycles. The van der Waals surface area contributed by atoms with Gasteiger partial charge in [-0.25, -0.2) is 9.69 Å². The van der Waals surface area contributed by atoms with Crippen molar-refractivity contribution in [2.24, 2.45) is 0 Å². The zero-order valence-corrected chi connectivity index (χ0v) is 18.1. The molecule has 4 amide bonds. The summed E-state index contributed by atoms with van der Waals surface area (Å²) in [5.41, 5.74) is 1.28. The molecule has 160 valence electrons. The highest BCUT2D eigenvalue weighted by Gasteiger charge is 2.37. The zero-order chi connectivity index (χ0) is 22.7. The van der Waals surface area contributed by atoms with E-state index in [0.717, 1.165) is 10.5 Å². The molecule has 1 heterocycles. The number of benzene rings is 3. The van der Waals surface area contributed by atoms with Gasteiger partial charge in [0, 0.05) is 10.6 Å². The molecule has 0 atom stereocenters. The van der Waals surface area contributed by atoms with Crippen LogP contribution in [0.25, 0.3) is 6.08 Å². The van der Waals surface area contributed by atoms with Crippen LogP contribution in [0.2, 0.25) is 10.0 Å². The first kappa shape index (κ1) is 21.6. The van der Waals surface area contributed by atoms with Crippen LogP contribution in [-0.2, 0) is 16.2 Å². The van der Waals surface area contributed by atoms with Crippen molar-refractivity contribution in [2.45, 2.75) is 6.61 Å². The molecule has 3 aromatic rings. The Hall–Kier alpha value is -3.61. The minimum absolute atomic E-state index is 0.168. The molecule has 0 aromatic heterocycles. The molecule has 0 radical (unpaired) electrons. The van der Waals surface area contributed by atoms with Gasteiger partial charge in [0.2, 0.25) is 0 Å². The standard InChI is InChI=1S/C24H16Cl2N2O4/c25-17-10-11-21(32-14-15-6-2-1-3-7-15)16(12-17)13-18-22(29)27-24(31)28(23(18)30)20-9-5-4-8-19(20)26/h1-13H,14H2,(H,27,29,31)/b18-13+. The minimum atomic E-state index is -0.878. The van der Waals surface area contributed by atoms with Gasteiger partial charge in [0.25, 0.3) is 11.8 Å². The van der Waals surface area contributed by atoms with Crippen molar-refractivity contribution in [3.8, 4) is 5.75 Å². The van der Waals surface area contributed by atoms with Crippen molar-refractivity contribution in [1.29, 1.82) is 0 Å². The van der Waals surface area contributed by atoms with Gasteiger partial charge in [-0.3, -0.25) is 14.9 Å². The fraction of sp³-hybridized carbons (Fsp3) is 0.0417. The number of halogens is 2. The maximum absolute atomic E-state index is 13.1. The number of imide groups is 2. The Kier molecular flexibility index (Phi) is 6.25. The number of para-hydroxylation sites is 1. The quantitative estimate of drug-likeness (QED) is 0.412. The van der Waals surface area contributed by atoms with E-state index in [2.05, 4.69) is 5.32 Å². The highest BCUT2D eigenvalue weighted by molar-refractivity contribution is 6.42. The lowest BCUT2D eigenvalue weighted by Crippen LogP contribution is -2.54. The molecule has 1 fully saturated rings. The van der Waals surface area contributed by atoms with E-state index in [9.17, 15) is 14.4 Å². The van der Waals surface area contributed by atoms with Crippen molar-refractivity contribution in [3.63, 3.8) is 0 Å². The number of nitrogens with zero attached hydrogens (tertiary/aromatic N) is 1. The molecule has 0 saturated carbocycles. The number of carbonyl (C=O) groups is 3. The molecule has 0 bridgehead atoms. The van der Waals surface area contributed by atoms with Crippen molar-refractivity contribution < 1.29 is 19.1 Å². The fourth-order valence-electron chi connectivity index (χ4n) is 3.16. The first-order valence-corrected chi connectivity index (χ1v) is 10.3. The number of amides is 4. The number of rotatable bonds is 5. The second-order valence-electron chi connectivity index (χ2n) is 6.87. The summed E-state index contributed by atoms with van der Waals surface area (Å²) in [6, 6.07) is 19.9. The molecular weight excluding hydrogens is 451 g/mol. The number of ether oxygens (including phenoxy) is 1. The van der Waals surface area contributed by atoms with Gasteiger partial charge in [-0.2, -0.15) is 0 Å². The van der Waals surface area contributed by atoms with E-state index in [4.69, 9.17) is 27.9 Å². The maximum Gasteiger partial charge on any atom is 0.335 e. The number of nitrogens with one attached hydrogen (secondary N) is 1. The van der Waals surface area contributed by atoms with Crippen LogP contribution in [0.5, 0.6) is 5.75 Å². The summed E-state index contributed by atoms with van der Waals surface area (Å²) in [5.74, 6) is -1.20. The maximum atomic E-state index is 13.1. The third kappa shape index (κ3) is 4.51. The summed E-state index contributed by atoms with van der Waals surface area (Å²) in [4.78, 5) is 38.8. The van der Waals surface area contributed by atoms with Crippen LogP contribution in [0.1, 0.15) is 11.1 Å². The summed E-state index contributed by atoms with van der Waals surface area (Å²) in [7, 11) is 0. The van der Waals surface area contributed by atoms with Gasteiger partial charge in [-0.05, 0) is 42.0 Å². The number of carbonyl (C=O) groups excluding carboxylic acids is 3. The van der Waals surface area contributed by atoms with Gasteiger partial charge in [0.05, 0.1) is 10.7 Å². The van der Waals surface area contributed by atoms with E-state index in [0.29, 0.717) is 16.3 Å². The molecular formula is C24H16Cl2N2O4. The third-order valence-corrected chi connectivity index (χ3v) is 5.26. The van der Waals surface area contributed by atoms with Crippen molar-refractivity contribution in [2.75, 3.05) is 4.90 Å². The Bertz CT molecular complexity index is 1240. The van der Waals surface area contributed by atoms with Gasteiger partial charge in [0.15, 0.2) is 0 Å². The Morgan fingerprint density at radius 3 is 2.38 bits per heavy atom. The van der Waals surface area contributed by atoms with Crippen LogP contribution in [0, 0.1) is 0 Å². The molecule has 0 unspecified atom stereocenters. The smallest absolute Gasteiger partial charge is 0.335 e. The van der Waals surface area contributed by atoms with Crippen LogP contribution in [-0.4, -0.2) is 17.8 Å². The van der Waals surface area contributed by atoms with E-state index < -0.39 is 17.8 Å². The van der Waals surface area contributed by atoms with Gasteiger partial charge >= 0.3 is 6.03 Å². The van der Waals surface area contributed by atoms with Crippen LogP contribution < -0.4 is 15.0 Å². The molecule has 1 saturated heterocycles. The highest BCUT2D eigenvalue weighted by Crippen LogP contribution is 2.31. The third-order valence-electron chi connectivity index (χ3n) is 4.70. The van der Waals surface area contributed by atoms with E-state index in [1.807, 2.05) is 30.3 Å². The van der Waals surface area contributed by atoms with Crippen LogP contribution in [0.3, 0.4) is 0 Å². The number of anilines is 1. The lowest BCUT2D eigenvalue weighted by Gasteiger charge is -2.27. The van der Waals surface area contributed by atoms with Crippen LogP contribution in [0.4, 0.5) is 10.5 Å². The molecule has 4 rings (SSSR count). The van der Waals surface area contributed by atoms with Crippen LogP contribution in [0.15, 0.2) is 78.4 Å². The van der Waals surface area contributed by atoms with Gasteiger partial charge < -0.3 is 4.74 Å². The highest BCUT2D eigenvalue weighted by atomic mass is 35.5. The SMILES string of the molecule is O=C1NC(=O)N(c2ccccc2Cl)C(=O)/C1=C/c1cc(Cl)ccc1OCc1ccccc1. The Labute approximate surface area is 194 Å². The van der Waals surface area contributed by atoms with E-state index in [1.54, 1.807) is 36.4 Å². The Balaban J connectivity index is 1.69. The van der Waals surface area contributed by atoms with Crippen LogP contribution >= 0.6 is 23.2 Å². The molecule has 8 heteroatoms. The summed E-state index contributed by atoms with van der Waals surface area (Å²) < 4.78 is 5.89. The predicted octanol–water partition coefficient (Wildman–Crippen LogP) is 5.24. The molecule has 1 N–H and O–H groups in total. The largest absolute Gasteiger partial charge is 0.488 e. The molecule has 0 spiro atoms. The monoisotopic (exact) mass is 466 g/mol. The number of urea groups is 1. The topological polar surface area (TPSA) is 75.7 Å². The first-order chi connectivity index (χ1) is 15.4. The Morgan fingerprint density at radius 1 is 0.906 bits per heavy atom. The first-order valence-electron chi connectivity index (χ1n) is 9.56. The summed E-state index contributed by atoms with van der Waals surface area (Å²) >= 11 is 12.3. The molecule has 1 aliphatic heterocycles. The number of hydrogen-bond donors (Lipinski definition) is 1. The van der Waals surface area contributed by atoms with E-state index in [1.165, 1.54) is 12.1 Å². The normalized spacial score (nSPS) is 15.1. The second-order valence-corrected chi connectivity index (χ2v) is 7.71. The fourth-order valence-corrected chi connectivity index (χ4v) is 3.56. The van der Waals surface area contributed by atoms with Crippen molar-refractivity contribution >= 4 is 52.8 Å². The number of barbiturate groups is 1. The average molecular weight is 467 g/mol. The Morgan fingerprint density at radius 2 is 1.62 bits per heavy atom. The molecule has 6 nitrogen and oxygen atoms in total. The molecule has 3 aromatic carbocycles. The number of hydrogen-bond acceptors (Lipinski definition) is 4. The van der Waals surface area contributed by atoms with E-state index in [-0.39, 0.29) is 22.9 Å². The molecule has 1 aliphatic rings. The van der Waals surface area contributed by atoms with Gasteiger partial charge in [-0.15, -0.1) is 0 Å². The average Bonchev–Trinajstić information content (AvgIpc) is 2.78. The minimum Gasteiger partial charge on any atom is -0.488 e. The second kappa shape index (κ2) is 9.26. The lowest BCUT2D eigenvalue weighted by molar-refractivity contribution is -0.122.